The van der Waals surface area contributed by atoms with E-state index in [1.807, 2.05) is 6.92 Å². The number of aromatic nitrogens is 2. The Labute approximate surface area is 167 Å². The summed E-state index contributed by atoms with van der Waals surface area (Å²) in [6.45, 7) is 2.79. The molecule has 2 aromatic heterocycles. The molecule has 2 N–H and O–H groups in total. The van der Waals surface area contributed by atoms with E-state index < -0.39 is 0 Å². The maximum atomic E-state index is 12.4. The molecule has 0 radical (unpaired) electrons. The Bertz CT molecular complexity index is 666. The lowest BCUT2D eigenvalue weighted by Crippen LogP contribution is -2.39. The maximum absolute atomic E-state index is 12.4. The van der Waals surface area contributed by atoms with Gasteiger partial charge in [-0.2, -0.15) is 0 Å². The minimum atomic E-state index is -0.148. The molecule has 0 spiro atoms. The molecule has 0 saturated heterocycles. The largest absolute Gasteiger partial charge is 0.360 e. The van der Waals surface area contributed by atoms with E-state index in [0.717, 1.165) is 35.3 Å². The molecule has 0 aromatic carbocycles. The van der Waals surface area contributed by atoms with E-state index in [0.29, 0.717) is 6.04 Å². The van der Waals surface area contributed by atoms with E-state index in [2.05, 4.69) is 38.3 Å². The molecule has 2 aromatic rings. The van der Waals surface area contributed by atoms with Crippen LogP contribution in [0.4, 0.5) is 5.13 Å². The summed E-state index contributed by atoms with van der Waals surface area (Å²) in [6, 6.07) is 4.56. The van der Waals surface area contributed by atoms with Gasteiger partial charge in [-0.1, -0.05) is 54.8 Å². The van der Waals surface area contributed by atoms with Gasteiger partial charge in [0.05, 0.1) is 5.25 Å². The molecule has 1 aliphatic rings. The summed E-state index contributed by atoms with van der Waals surface area (Å²) in [5.41, 5.74) is 0. The van der Waals surface area contributed by atoms with E-state index >= 15 is 0 Å². The first kappa shape index (κ1) is 19.6. The summed E-state index contributed by atoms with van der Waals surface area (Å²) in [6.07, 6.45) is 8.25. The van der Waals surface area contributed by atoms with Crippen molar-refractivity contribution in [2.45, 2.75) is 67.5 Å². The van der Waals surface area contributed by atoms with Crippen LogP contribution >= 0.6 is 34.4 Å². The zero-order valence-corrected chi connectivity index (χ0v) is 17.5. The first-order valence-electron chi connectivity index (χ1n) is 9.27. The van der Waals surface area contributed by atoms with E-state index in [4.69, 9.17) is 0 Å². The Hall–Kier alpha value is -1.12. The van der Waals surface area contributed by atoms with Crippen LogP contribution in [0.3, 0.4) is 0 Å². The zero-order chi connectivity index (χ0) is 18.2. The second-order valence-electron chi connectivity index (χ2n) is 6.59. The van der Waals surface area contributed by atoms with Crippen molar-refractivity contribution in [1.82, 2.24) is 15.5 Å². The van der Waals surface area contributed by atoms with Crippen LogP contribution in [-0.4, -0.2) is 33.9 Å². The van der Waals surface area contributed by atoms with Gasteiger partial charge in [-0.25, -0.2) is 0 Å². The average Bonchev–Trinajstić information content (AvgIpc) is 3.23. The lowest BCUT2D eigenvalue weighted by atomic mass is 10.1. The Morgan fingerprint density at radius 3 is 2.85 bits per heavy atom. The van der Waals surface area contributed by atoms with Crippen LogP contribution in [0.25, 0.3) is 0 Å². The molecule has 3 rings (SSSR count). The predicted octanol–water partition coefficient (Wildman–Crippen LogP) is 4.57. The molecule has 5 nitrogen and oxygen atoms in total. The Balaban J connectivity index is 1.41. The molecule has 142 valence electrons. The monoisotopic (exact) mass is 410 g/mol. The highest BCUT2D eigenvalue weighted by Gasteiger charge is 2.21. The second kappa shape index (κ2) is 10.3. The Morgan fingerprint density at radius 2 is 2.12 bits per heavy atom. The number of hydrogen-bond donors (Lipinski definition) is 2. The van der Waals surface area contributed by atoms with E-state index in [1.165, 1.54) is 53.7 Å². The van der Waals surface area contributed by atoms with E-state index in [-0.39, 0.29) is 11.2 Å². The third-order valence-corrected chi connectivity index (χ3v) is 7.48. The van der Waals surface area contributed by atoms with E-state index in [9.17, 15) is 4.79 Å². The Morgan fingerprint density at radius 1 is 1.31 bits per heavy atom. The third-order valence-electron chi connectivity index (χ3n) is 4.48. The van der Waals surface area contributed by atoms with Crippen molar-refractivity contribution >= 4 is 45.5 Å². The normalized spacial score (nSPS) is 16.8. The van der Waals surface area contributed by atoms with Crippen LogP contribution in [0.15, 0.2) is 21.9 Å². The zero-order valence-electron chi connectivity index (χ0n) is 15.1. The van der Waals surface area contributed by atoms with Gasteiger partial charge in [0.2, 0.25) is 11.0 Å². The number of carbonyl (C=O) groups is 1. The van der Waals surface area contributed by atoms with Crippen molar-refractivity contribution in [3.63, 3.8) is 0 Å². The number of amides is 1. The van der Waals surface area contributed by atoms with Gasteiger partial charge in [0.1, 0.15) is 0 Å². The van der Waals surface area contributed by atoms with Crippen molar-refractivity contribution < 1.29 is 4.79 Å². The number of carbonyl (C=O) groups excluding carboxylic acids is 1. The SMILES string of the molecule is CC(Sc1nnc(NCCc2cccs2)s1)C(=O)NC1CCCCCC1. The average molecular weight is 411 g/mol. The van der Waals surface area contributed by atoms with Gasteiger partial charge in [-0.3, -0.25) is 4.79 Å². The summed E-state index contributed by atoms with van der Waals surface area (Å²) >= 11 is 4.78. The fraction of sp³-hybridized carbons (Fsp3) is 0.611. The van der Waals surface area contributed by atoms with Crippen LogP contribution in [0.5, 0.6) is 0 Å². The highest BCUT2D eigenvalue weighted by Crippen LogP contribution is 2.29. The molecule has 2 heterocycles. The van der Waals surface area contributed by atoms with Crippen molar-refractivity contribution in [2.24, 2.45) is 0 Å². The molecule has 1 saturated carbocycles. The highest BCUT2D eigenvalue weighted by atomic mass is 32.2. The number of thiophene rings is 1. The minimum absolute atomic E-state index is 0.115. The van der Waals surface area contributed by atoms with Gasteiger partial charge in [-0.05, 0) is 37.6 Å². The van der Waals surface area contributed by atoms with Crippen molar-refractivity contribution in [2.75, 3.05) is 11.9 Å². The standard InChI is InChI=1S/C18H26N4OS3/c1-13(16(23)20-14-7-4-2-3-5-8-14)25-18-22-21-17(26-18)19-11-10-15-9-6-12-24-15/h6,9,12-14H,2-5,7-8,10-11H2,1H3,(H,19,21)(H,20,23). The third kappa shape index (κ3) is 6.25. The molecule has 8 heteroatoms. The molecule has 26 heavy (non-hydrogen) atoms. The van der Waals surface area contributed by atoms with Crippen molar-refractivity contribution in [3.05, 3.63) is 22.4 Å². The Kier molecular flexibility index (Phi) is 7.76. The first-order valence-corrected chi connectivity index (χ1v) is 11.8. The molecular formula is C18H26N4OS3. The van der Waals surface area contributed by atoms with Crippen LogP contribution in [0.2, 0.25) is 0 Å². The number of anilines is 1. The quantitative estimate of drug-likeness (QED) is 0.493. The lowest BCUT2D eigenvalue weighted by molar-refractivity contribution is -0.121. The van der Waals surface area contributed by atoms with E-state index in [1.54, 1.807) is 11.3 Å². The molecule has 1 atom stereocenters. The van der Waals surface area contributed by atoms with Gasteiger partial charge in [0.15, 0.2) is 4.34 Å². The minimum Gasteiger partial charge on any atom is -0.360 e. The molecule has 1 aliphatic carbocycles. The topological polar surface area (TPSA) is 66.9 Å². The van der Waals surface area contributed by atoms with Gasteiger partial charge >= 0.3 is 0 Å². The van der Waals surface area contributed by atoms with Crippen LogP contribution < -0.4 is 10.6 Å². The number of nitrogens with zero attached hydrogens (tertiary/aromatic N) is 2. The summed E-state index contributed by atoms with van der Waals surface area (Å²) < 4.78 is 0.840. The summed E-state index contributed by atoms with van der Waals surface area (Å²) in [5.74, 6) is 0.115. The van der Waals surface area contributed by atoms with Gasteiger partial charge in [-0.15, -0.1) is 21.5 Å². The molecule has 1 fully saturated rings. The number of thioether (sulfide) groups is 1. The predicted molar refractivity (Wildman–Crippen MR) is 111 cm³/mol. The van der Waals surface area contributed by atoms with Crippen molar-refractivity contribution in [1.29, 1.82) is 0 Å². The molecular weight excluding hydrogens is 384 g/mol. The number of nitrogens with one attached hydrogen (secondary N) is 2. The van der Waals surface area contributed by atoms with Crippen LogP contribution in [0.1, 0.15) is 50.3 Å². The maximum Gasteiger partial charge on any atom is 0.233 e. The number of rotatable bonds is 8. The number of hydrogen-bond acceptors (Lipinski definition) is 7. The van der Waals surface area contributed by atoms with Gasteiger partial charge < -0.3 is 10.6 Å². The molecule has 1 amide bonds. The van der Waals surface area contributed by atoms with Gasteiger partial charge in [0.25, 0.3) is 0 Å². The lowest BCUT2D eigenvalue weighted by Gasteiger charge is -2.18. The first-order chi connectivity index (χ1) is 12.7. The molecule has 1 unspecified atom stereocenters. The summed E-state index contributed by atoms with van der Waals surface area (Å²) in [7, 11) is 0. The fourth-order valence-corrected chi connectivity index (χ4v) is 5.66. The van der Waals surface area contributed by atoms with Crippen LogP contribution in [0, 0.1) is 0 Å². The highest BCUT2D eigenvalue weighted by molar-refractivity contribution is 8.02. The second-order valence-corrected chi connectivity index (χ2v) is 10.2. The van der Waals surface area contributed by atoms with Gasteiger partial charge in [0, 0.05) is 17.5 Å². The fourth-order valence-electron chi connectivity index (χ4n) is 3.02. The summed E-state index contributed by atoms with van der Waals surface area (Å²) in [5, 5.41) is 17.7. The van der Waals surface area contributed by atoms with Crippen molar-refractivity contribution in [3.8, 4) is 0 Å². The smallest absolute Gasteiger partial charge is 0.233 e. The molecule has 0 aliphatic heterocycles. The van der Waals surface area contributed by atoms with Crippen LogP contribution in [-0.2, 0) is 11.2 Å². The summed E-state index contributed by atoms with van der Waals surface area (Å²) in [4.78, 5) is 13.8. The molecule has 0 bridgehead atoms.